The van der Waals surface area contributed by atoms with E-state index in [9.17, 15) is 23.2 Å². The van der Waals surface area contributed by atoms with Crippen LogP contribution in [0.4, 0.5) is 13.9 Å². The summed E-state index contributed by atoms with van der Waals surface area (Å²) >= 11 is 1.05. The second-order valence-electron chi connectivity index (χ2n) is 6.46. The summed E-state index contributed by atoms with van der Waals surface area (Å²) in [4.78, 5) is 39.8. The van der Waals surface area contributed by atoms with Gasteiger partial charge in [-0.25, -0.2) is 8.78 Å². The average molecular weight is 413 g/mol. The lowest BCUT2D eigenvalue weighted by Crippen LogP contribution is -2.31. The van der Waals surface area contributed by atoms with Crippen LogP contribution in [0.25, 0.3) is 0 Å². The number of rotatable bonds is 4. The fourth-order valence-corrected chi connectivity index (χ4v) is 4.07. The van der Waals surface area contributed by atoms with Crippen molar-refractivity contribution in [2.45, 2.75) is 13.0 Å². The van der Waals surface area contributed by atoms with E-state index in [0.717, 1.165) is 28.4 Å². The molecular weight excluding hydrogens is 400 g/mol. The molecule has 1 saturated heterocycles. The van der Waals surface area contributed by atoms with Crippen LogP contribution < -0.4 is 4.90 Å². The highest BCUT2D eigenvalue weighted by Gasteiger charge is 2.54. The zero-order chi connectivity index (χ0) is 20.7. The van der Waals surface area contributed by atoms with Gasteiger partial charge >= 0.3 is 0 Å². The lowest BCUT2D eigenvalue weighted by molar-refractivity contribution is -0.135. The van der Waals surface area contributed by atoms with Gasteiger partial charge in [0.25, 0.3) is 5.91 Å². The van der Waals surface area contributed by atoms with Crippen molar-refractivity contribution < 1.29 is 23.2 Å². The molecule has 0 bridgehead atoms. The molecule has 2 unspecified atom stereocenters. The molecule has 6 nitrogen and oxygen atoms in total. The van der Waals surface area contributed by atoms with Crippen molar-refractivity contribution in [1.29, 1.82) is 0 Å². The molecule has 4 rings (SSSR count). The minimum Gasteiger partial charge on any atom is -0.293 e. The first-order valence-electron chi connectivity index (χ1n) is 8.60. The third-order valence-corrected chi connectivity index (χ3v) is 5.50. The van der Waals surface area contributed by atoms with Crippen molar-refractivity contribution in [2.24, 2.45) is 5.92 Å². The summed E-state index contributed by atoms with van der Waals surface area (Å²) in [5.74, 6) is -5.33. The van der Waals surface area contributed by atoms with Gasteiger partial charge in [-0.3, -0.25) is 19.3 Å². The molecule has 1 aliphatic heterocycles. The zero-order valence-corrected chi connectivity index (χ0v) is 15.8. The Bertz CT molecular complexity index is 1130. The predicted molar refractivity (Wildman–Crippen MR) is 101 cm³/mol. The molecule has 146 valence electrons. The number of carbonyl (C=O) groups is 3. The Hall–Kier alpha value is -3.33. The number of anilines is 1. The molecule has 1 fully saturated rings. The highest BCUT2D eigenvalue weighted by atomic mass is 32.1. The number of nitrogens with zero attached hydrogens (tertiary/aromatic N) is 3. The summed E-state index contributed by atoms with van der Waals surface area (Å²) in [7, 11) is 0. The van der Waals surface area contributed by atoms with Crippen molar-refractivity contribution in [3.05, 3.63) is 76.3 Å². The Morgan fingerprint density at radius 2 is 1.72 bits per heavy atom. The van der Waals surface area contributed by atoms with Crippen LogP contribution in [0, 0.1) is 24.5 Å². The zero-order valence-electron chi connectivity index (χ0n) is 15.0. The summed E-state index contributed by atoms with van der Waals surface area (Å²) in [5, 5.41) is 8.40. The van der Waals surface area contributed by atoms with Gasteiger partial charge in [-0.15, -0.1) is 10.2 Å². The van der Waals surface area contributed by atoms with Crippen molar-refractivity contribution >= 4 is 33.9 Å². The molecule has 0 spiro atoms. The second-order valence-corrected chi connectivity index (χ2v) is 7.62. The van der Waals surface area contributed by atoms with Gasteiger partial charge in [-0.05, 0) is 37.3 Å². The lowest BCUT2D eigenvalue weighted by atomic mass is 9.86. The molecule has 0 N–H and O–H groups in total. The fraction of sp³-hybridized carbons (Fsp3) is 0.150. The number of ketones is 2. The third kappa shape index (κ3) is 3.23. The largest absolute Gasteiger partial charge is 0.297 e. The highest BCUT2D eigenvalue weighted by molar-refractivity contribution is 7.15. The number of benzene rings is 2. The highest BCUT2D eigenvalue weighted by Crippen LogP contribution is 2.42. The van der Waals surface area contributed by atoms with E-state index < -0.39 is 41.1 Å². The van der Waals surface area contributed by atoms with Crippen LogP contribution in [0.2, 0.25) is 0 Å². The smallest absolute Gasteiger partial charge is 0.293 e. The minimum absolute atomic E-state index is 0.0139. The number of halogens is 2. The summed E-state index contributed by atoms with van der Waals surface area (Å²) in [6, 6.07) is 9.01. The Morgan fingerprint density at radius 3 is 2.34 bits per heavy atom. The molecule has 2 heterocycles. The van der Waals surface area contributed by atoms with Crippen molar-refractivity contribution in [3.63, 3.8) is 0 Å². The van der Waals surface area contributed by atoms with Crippen LogP contribution in [0.3, 0.4) is 0 Å². The first kappa shape index (κ1) is 19.0. The summed E-state index contributed by atoms with van der Waals surface area (Å²) < 4.78 is 27.9. The lowest BCUT2D eigenvalue weighted by Gasteiger charge is -2.25. The number of aromatic nitrogens is 2. The molecule has 1 amide bonds. The van der Waals surface area contributed by atoms with Gasteiger partial charge in [-0.2, -0.15) is 0 Å². The number of hydrogen-bond donors (Lipinski definition) is 0. The number of hydrogen-bond acceptors (Lipinski definition) is 6. The van der Waals surface area contributed by atoms with E-state index in [1.807, 2.05) is 0 Å². The van der Waals surface area contributed by atoms with Gasteiger partial charge in [0.2, 0.25) is 10.9 Å². The molecule has 1 aliphatic rings. The summed E-state index contributed by atoms with van der Waals surface area (Å²) in [6.45, 7) is 1.67. The molecule has 0 radical (unpaired) electrons. The van der Waals surface area contributed by atoms with Crippen LogP contribution in [-0.2, 0) is 9.59 Å². The maximum absolute atomic E-state index is 14.6. The Kier molecular flexibility index (Phi) is 4.75. The van der Waals surface area contributed by atoms with Gasteiger partial charge < -0.3 is 0 Å². The van der Waals surface area contributed by atoms with Crippen molar-refractivity contribution in [1.82, 2.24) is 10.2 Å². The molecule has 29 heavy (non-hydrogen) atoms. The Morgan fingerprint density at radius 1 is 1.03 bits per heavy atom. The van der Waals surface area contributed by atoms with E-state index in [1.54, 1.807) is 13.0 Å². The van der Waals surface area contributed by atoms with E-state index in [0.29, 0.717) is 5.01 Å². The fourth-order valence-electron chi connectivity index (χ4n) is 3.35. The average Bonchev–Trinajstić information content (AvgIpc) is 3.23. The quantitative estimate of drug-likeness (QED) is 0.373. The van der Waals surface area contributed by atoms with Crippen LogP contribution in [-0.4, -0.2) is 27.7 Å². The molecule has 0 aliphatic carbocycles. The molecule has 0 saturated carbocycles. The number of aryl methyl sites for hydroxylation is 1. The van der Waals surface area contributed by atoms with E-state index in [-0.39, 0.29) is 16.3 Å². The molecule has 2 aromatic carbocycles. The predicted octanol–water partition coefficient (Wildman–Crippen LogP) is 3.28. The Labute approximate surface area is 167 Å². The monoisotopic (exact) mass is 413 g/mol. The summed E-state index contributed by atoms with van der Waals surface area (Å²) in [5.41, 5.74) is 0.0641. The molecular formula is C20H13F2N3O3S. The first-order valence-corrected chi connectivity index (χ1v) is 9.42. The molecule has 9 heteroatoms. The van der Waals surface area contributed by atoms with Crippen molar-refractivity contribution in [2.75, 3.05) is 4.90 Å². The molecule has 2 atom stereocenters. The minimum atomic E-state index is -1.49. The SMILES string of the molecule is Cc1nnc(N2C(=O)C(=O)C(C(=O)c3ccc(F)cc3)C2c2ccccc2F)s1. The number of Topliss-reactive ketones (excluding diaryl/α,β-unsaturated/α-hetero) is 2. The number of amides is 1. The second kappa shape index (κ2) is 7.25. The van der Waals surface area contributed by atoms with Crippen molar-refractivity contribution in [3.8, 4) is 0 Å². The van der Waals surface area contributed by atoms with Crippen LogP contribution in [0.15, 0.2) is 48.5 Å². The maximum atomic E-state index is 14.6. The maximum Gasteiger partial charge on any atom is 0.297 e. The number of carbonyl (C=O) groups excluding carboxylic acids is 3. The van der Waals surface area contributed by atoms with Crippen LogP contribution >= 0.6 is 11.3 Å². The normalized spacial score (nSPS) is 19.1. The van der Waals surface area contributed by atoms with E-state index >= 15 is 0 Å². The van der Waals surface area contributed by atoms with E-state index in [4.69, 9.17) is 0 Å². The van der Waals surface area contributed by atoms with E-state index in [1.165, 1.54) is 30.3 Å². The topological polar surface area (TPSA) is 80.2 Å². The standard InChI is InChI=1S/C20H13F2N3O3S/c1-10-23-24-20(29-10)25-16(13-4-2-3-5-14(13)22)15(18(27)19(25)28)17(26)11-6-8-12(21)9-7-11/h2-9,15-16H,1H3. The summed E-state index contributed by atoms with van der Waals surface area (Å²) in [6.07, 6.45) is 0. The van der Waals surface area contributed by atoms with Crippen LogP contribution in [0.5, 0.6) is 0 Å². The van der Waals surface area contributed by atoms with Gasteiger partial charge in [-0.1, -0.05) is 29.5 Å². The Balaban J connectivity index is 1.87. The van der Waals surface area contributed by atoms with Gasteiger partial charge in [0, 0.05) is 11.1 Å². The van der Waals surface area contributed by atoms with Gasteiger partial charge in [0.15, 0.2) is 5.78 Å². The molecule has 1 aromatic heterocycles. The van der Waals surface area contributed by atoms with Crippen LogP contribution in [0.1, 0.15) is 27.0 Å². The van der Waals surface area contributed by atoms with Gasteiger partial charge in [0.05, 0.1) is 6.04 Å². The van der Waals surface area contributed by atoms with Gasteiger partial charge in [0.1, 0.15) is 22.6 Å². The molecule has 3 aromatic rings. The first-order chi connectivity index (χ1) is 13.9. The third-order valence-electron chi connectivity index (χ3n) is 4.66. The van der Waals surface area contributed by atoms with E-state index in [2.05, 4.69) is 10.2 Å².